The fourth-order valence-electron chi connectivity index (χ4n) is 7.15. The number of carbonyl (C=O) groups excluding carboxylic acids is 1. The van der Waals surface area contributed by atoms with Crippen LogP contribution in [0.25, 0.3) is 0 Å². The van der Waals surface area contributed by atoms with Gasteiger partial charge in [-0.2, -0.15) is 0 Å². The van der Waals surface area contributed by atoms with Crippen molar-refractivity contribution in [3.05, 3.63) is 0 Å². The second-order valence-electron chi connectivity index (χ2n) is 9.72. The molecule has 0 spiro atoms. The molecule has 1 unspecified atom stereocenters. The summed E-state index contributed by atoms with van der Waals surface area (Å²) in [6.07, 6.45) is 8.62. The minimum atomic E-state index is -0.218. The van der Waals surface area contributed by atoms with E-state index in [0.29, 0.717) is 17.1 Å². The number of hydrogen-bond donors (Lipinski definition) is 1. The van der Waals surface area contributed by atoms with Gasteiger partial charge in [-0.25, -0.2) is 0 Å². The number of Topliss-reactive ketones (excluding diaryl/α,β-unsaturated/α-hetero) is 1. The highest BCUT2D eigenvalue weighted by Crippen LogP contribution is 2.67. The van der Waals surface area contributed by atoms with Gasteiger partial charge in [-0.3, -0.25) is 4.79 Å². The number of aliphatic hydroxyl groups is 1. The molecule has 23 heavy (non-hydrogen) atoms. The van der Waals surface area contributed by atoms with Crippen LogP contribution in [0.1, 0.15) is 86.0 Å². The predicted molar refractivity (Wildman–Crippen MR) is 94.1 cm³/mol. The summed E-state index contributed by atoms with van der Waals surface area (Å²) in [6.45, 7) is 11.5. The van der Waals surface area contributed by atoms with Gasteiger partial charge in [-0.05, 0) is 80.5 Å². The molecule has 0 saturated heterocycles. The molecule has 0 aromatic rings. The Labute approximate surface area is 142 Å². The first-order valence-electron chi connectivity index (χ1n) is 9.89. The lowest BCUT2D eigenvalue weighted by Crippen LogP contribution is -2.56. The third-order valence-corrected chi connectivity index (χ3v) is 8.85. The molecule has 3 rings (SSSR count). The average molecular weight is 321 g/mol. The van der Waals surface area contributed by atoms with Crippen LogP contribution in [-0.2, 0) is 4.79 Å². The number of fused-ring (bicyclic) bond motifs is 3. The monoisotopic (exact) mass is 320 g/mol. The van der Waals surface area contributed by atoms with E-state index in [2.05, 4.69) is 27.7 Å². The average Bonchev–Trinajstić information content (AvgIpc) is 2.78. The first-order chi connectivity index (χ1) is 10.7. The molecule has 3 saturated carbocycles. The Kier molecular flexibility index (Phi) is 4.23. The van der Waals surface area contributed by atoms with Crippen molar-refractivity contribution in [2.24, 2.45) is 34.0 Å². The van der Waals surface area contributed by atoms with E-state index in [1.165, 1.54) is 25.7 Å². The summed E-state index contributed by atoms with van der Waals surface area (Å²) >= 11 is 0. The normalized spacial score (nSPS) is 51.2. The van der Waals surface area contributed by atoms with Crippen LogP contribution in [0.2, 0.25) is 0 Å². The summed E-state index contributed by atoms with van der Waals surface area (Å²) in [5, 5.41) is 10.1. The second-order valence-corrected chi connectivity index (χ2v) is 9.72. The molecule has 7 atom stereocenters. The number of aliphatic hydroxyl groups excluding tert-OH is 1. The van der Waals surface area contributed by atoms with Crippen molar-refractivity contribution in [1.82, 2.24) is 0 Å². The SMILES string of the molecule is CC[C@@]1(C)[C@@H]2CC[C@@]3(C)C(=O)CC[C@@H]3[C@H]2CC[C@@]1(C)CC(C)O. The maximum atomic E-state index is 12.5. The summed E-state index contributed by atoms with van der Waals surface area (Å²) in [4.78, 5) is 12.5. The molecule has 3 aliphatic rings. The smallest absolute Gasteiger partial charge is 0.139 e. The van der Waals surface area contributed by atoms with Gasteiger partial charge in [0.15, 0.2) is 0 Å². The van der Waals surface area contributed by atoms with E-state index in [0.717, 1.165) is 37.5 Å². The topological polar surface area (TPSA) is 37.3 Å². The highest BCUT2D eigenvalue weighted by molar-refractivity contribution is 5.87. The van der Waals surface area contributed by atoms with Gasteiger partial charge in [-0.15, -0.1) is 0 Å². The van der Waals surface area contributed by atoms with Crippen LogP contribution in [0.4, 0.5) is 0 Å². The molecule has 0 aliphatic heterocycles. The molecule has 2 heteroatoms. The van der Waals surface area contributed by atoms with E-state index in [1.807, 2.05) is 6.92 Å². The molecule has 3 fully saturated rings. The van der Waals surface area contributed by atoms with Crippen molar-refractivity contribution < 1.29 is 9.90 Å². The van der Waals surface area contributed by atoms with Crippen molar-refractivity contribution >= 4 is 5.78 Å². The Morgan fingerprint density at radius 1 is 1.13 bits per heavy atom. The molecule has 3 aliphatic carbocycles. The van der Waals surface area contributed by atoms with Crippen LogP contribution < -0.4 is 0 Å². The molecular formula is C21H36O2. The van der Waals surface area contributed by atoms with E-state index in [9.17, 15) is 9.90 Å². The molecular weight excluding hydrogens is 284 g/mol. The minimum absolute atomic E-state index is 0.0200. The van der Waals surface area contributed by atoms with E-state index in [-0.39, 0.29) is 16.9 Å². The van der Waals surface area contributed by atoms with Gasteiger partial charge < -0.3 is 5.11 Å². The van der Waals surface area contributed by atoms with Crippen molar-refractivity contribution in [2.75, 3.05) is 0 Å². The highest BCUT2D eigenvalue weighted by atomic mass is 16.3. The molecule has 0 aromatic heterocycles. The molecule has 0 amide bonds. The zero-order valence-electron chi connectivity index (χ0n) is 15.8. The van der Waals surface area contributed by atoms with Crippen LogP contribution in [0.15, 0.2) is 0 Å². The van der Waals surface area contributed by atoms with Crippen molar-refractivity contribution in [3.8, 4) is 0 Å². The molecule has 2 nitrogen and oxygen atoms in total. The summed E-state index contributed by atoms with van der Waals surface area (Å²) in [7, 11) is 0. The standard InChI is InChI=1S/C21H36O2/c1-6-21(5)17-10-12-20(4)16(7-8-18(20)23)15(17)9-11-19(21,3)13-14(2)22/h14-17,22H,6-13H2,1-5H3/t14?,15-,16-,17-,19+,20-,21+/m1/s1. The van der Waals surface area contributed by atoms with Crippen LogP contribution in [-0.4, -0.2) is 17.0 Å². The van der Waals surface area contributed by atoms with Crippen molar-refractivity contribution in [2.45, 2.75) is 92.1 Å². The van der Waals surface area contributed by atoms with E-state index in [1.54, 1.807) is 0 Å². The molecule has 0 radical (unpaired) electrons. The maximum absolute atomic E-state index is 12.5. The Balaban J connectivity index is 1.93. The zero-order valence-corrected chi connectivity index (χ0v) is 15.8. The Hall–Kier alpha value is -0.370. The third-order valence-electron chi connectivity index (χ3n) is 8.85. The van der Waals surface area contributed by atoms with Gasteiger partial charge in [0.05, 0.1) is 6.10 Å². The van der Waals surface area contributed by atoms with Gasteiger partial charge in [0.25, 0.3) is 0 Å². The number of hydrogen-bond acceptors (Lipinski definition) is 2. The van der Waals surface area contributed by atoms with E-state index >= 15 is 0 Å². The largest absolute Gasteiger partial charge is 0.393 e. The Morgan fingerprint density at radius 3 is 2.43 bits per heavy atom. The first-order valence-corrected chi connectivity index (χ1v) is 9.89. The summed E-state index contributed by atoms with van der Waals surface area (Å²) in [5.74, 6) is 2.62. The van der Waals surface area contributed by atoms with Crippen molar-refractivity contribution in [3.63, 3.8) is 0 Å². The van der Waals surface area contributed by atoms with E-state index in [4.69, 9.17) is 0 Å². The van der Waals surface area contributed by atoms with Gasteiger partial charge in [-0.1, -0.05) is 27.7 Å². The van der Waals surface area contributed by atoms with Crippen LogP contribution >= 0.6 is 0 Å². The number of ketones is 1. The molecule has 1 N–H and O–H groups in total. The zero-order chi connectivity index (χ0) is 17.0. The number of carbonyl (C=O) groups is 1. The molecule has 0 heterocycles. The van der Waals surface area contributed by atoms with Gasteiger partial charge >= 0.3 is 0 Å². The minimum Gasteiger partial charge on any atom is -0.393 e. The lowest BCUT2D eigenvalue weighted by atomic mass is 9.42. The van der Waals surface area contributed by atoms with Crippen molar-refractivity contribution in [1.29, 1.82) is 0 Å². The lowest BCUT2D eigenvalue weighted by Gasteiger charge is -2.62. The van der Waals surface area contributed by atoms with Gasteiger partial charge in [0.1, 0.15) is 5.78 Å². The van der Waals surface area contributed by atoms with Crippen LogP contribution in [0.5, 0.6) is 0 Å². The van der Waals surface area contributed by atoms with Crippen LogP contribution in [0, 0.1) is 34.0 Å². The lowest BCUT2D eigenvalue weighted by molar-refractivity contribution is -0.151. The first kappa shape index (κ1) is 17.5. The third kappa shape index (κ3) is 2.34. The summed E-state index contributed by atoms with van der Waals surface area (Å²) < 4.78 is 0. The Bertz CT molecular complexity index is 484. The van der Waals surface area contributed by atoms with Crippen LogP contribution in [0.3, 0.4) is 0 Å². The van der Waals surface area contributed by atoms with Gasteiger partial charge in [0.2, 0.25) is 0 Å². The predicted octanol–water partition coefficient (Wildman–Crippen LogP) is 4.99. The van der Waals surface area contributed by atoms with E-state index < -0.39 is 0 Å². The quantitative estimate of drug-likeness (QED) is 0.796. The highest BCUT2D eigenvalue weighted by Gasteiger charge is 2.61. The maximum Gasteiger partial charge on any atom is 0.139 e. The molecule has 0 aromatic carbocycles. The number of rotatable bonds is 3. The Morgan fingerprint density at radius 2 is 1.83 bits per heavy atom. The summed E-state index contributed by atoms with van der Waals surface area (Å²) in [6, 6.07) is 0. The fraction of sp³-hybridized carbons (Fsp3) is 0.952. The molecule has 132 valence electrons. The summed E-state index contributed by atoms with van der Waals surface area (Å²) in [5.41, 5.74) is 0.501. The second kappa shape index (κ2) is 5.58. The van der Waals surface area contributed by atoms with Gasteiger partial charge in [0, 0.05) is 11.8 Å². The molecule has 0 bridgehead atoms. The fourth-order valence-corrected chi connectivity index (χ4v) is 7.15.